The molecule has 0 bridgehead atoms. The van der Waals surface area contributed by atoms with E-state index in [9.17, 15) is 55.2 Å². The Hall–Kier alpha value is -4.63. The van der Waals surface area contributed by atoms with Crippen molar-refractivity contribution in [3.8, 4) is 5.75 Å². The number of guanidine groups is 2. The Morgan fingerprint density at radius 3 is 1.18 bits per heavy atom. The van der Waals surface area contributed by atoms with Gasteiger partial charge in [0.1, 0.15) is 55.4 Å². The number of rotatable bonds is 54. The van der Waals surface area contributed by atoms with E-state index in [1.54, 1.807) is 12.1 Å². The molecule has 506 valence electrons. The number of phenols is 1. The van der Waals surface area contributed by atoms with Crippen LogP contribution in [0.2, 0.25) is 0 Å². The highest BCUT2D eigenvalue weighted by atomic mass is 16.3. The van der Waals surface area contributed by atoms with E-state index in [1.807, 2.05) is 41.5 Å². The lowest BCUT2D eigenvalue weighted by Gasteiger charge is -2.37. The molecule has 87 heavy (non-hydrogen) atoms. The van der Waals surface area contributed by atoms with Gasteiger partial charge in [-0.15, -0.1) is 0 Å². The summed E-state index contributed by atoms with van der Waals surface area (Å²) in [5, 5.41) is 119. The number of hydrogen-bond acceptors (Lipinski definition) is 21. The first-order chi connectivity index (χ1) is 41.4. The number of phenolic OH excluding ortho intramolecular Hbond substituents is 1. The van der Waals surface area contributed by atoms with Gasteiger partial charge in [-0.05, 0) is 88.3 Å². The van der Waals surface area contributed by atoms with Crippen LogP contribution in [0.25, 0.3) is 0 Å². The van der Waals surface area contributed by atoms with Crippen molar-refractivity contribution in [3.05, 3.63) is 29.8 Å². The molecule has 1 aromatic rings. The quantitative estimate of drug-likeness (QED) is 0.0153. The zero-order chi connectivity index (χ0) is 65.3. The molecule has 0 saturated heterocycles. The summed E-state index contributed by atoms with van der Waals surface area (Å²) in [7, 11) is 0. The number of nitrogens with two attached hydrogens (primary N) is 6. The Kier molecular flexibility index (Phi) is 43.7. The number of nitrogens with zero attached hydrogens (tertiary/aromatic N) is 2. The maximum atomic E-state index is 14.0. The molecule has 0 spiro atoms. The highest BCUT2D eigenvalue weighted by Crippen LogP contribution is 2.17. The smallest absolute Gasteiger partial charge is 0.242 e. The molecule has 1 rings (SSSR count). The molecule has 0 radical (unpaired) electrons. The molecule has 1 aromatic carbocycles. The van der Waals surface area contributed by atoms with Gasteiger partial charge in [0, 0.05) is 49.8 Å². The SMILES string of the molecule is CCCC[C@@H](NC(=O)[C@H](N)CCCN=C(N)N)C(=O)N[C@H](CCCC)[C@@H](O)N[C@H](CCCC)[C@@H](O)N[C@H](CCCN=C(N)N)[C@@H](O)N[C@H](CCCC)[C@@H](O)N[C@H](CCCC)[C@@H](O)N[C@H](CCCC)[C@@H](O)NC[C@@H](O)N[C@H](Cc1ccc(O)cc1)C(N)=O. The minimum Gasteiger partial charge on any atom is -0.508 e. The molecular formula is C59H119N17O11. The Morgan fingerprint density at radius 1 is 0.437 bits per heavy atom. The maximum absolute atomic E-state index is 14.0. The van der Waals surface area contributed by atoms with Crippen LogP contribution in [0.4, 0.5) is 0 Å². The van der Waals surface area contributed by atoms with Crippen LogP contribution in [-0.2, 0) is 20.8 Å². The first-order valence-electron chi connectivity index (χ1n) is 32.0. The number of aromatic hydroxyl groups is 1. The van der Waals surface area contributed by atoms with Crippen molar-refractivity contribution in [2.24, 2.45) is 44.4 Å². The van der Waals surface area contributed by atoms with E-state index in [1.165, 1.54) is 12.1 Å². The van der Waals surface area contributed by atoms with Crippen LogP contribution in [0, 0.1) is 0 Å². The molecule has 0 aromatic heterocycles. The van der Waals surface area contributed by atoms with Crippen molar-refractivity contribution in [2.45, 2.75) is 287 Å². The van der Waals surface area contributed by atoms with Crippen molar-refractivity contribution in [3.63, 3.8) is 0 Å². The third-order valence-electron chi connectivity index (χ3n) is 15.3. The highest BCUT2D eigenvalue weighted by Gasteiger charge is 2.35. The Bertz CT molecular complexity index is 2020. The van der Waals surface area contributed by atoms with Crippen molar-refractivity contribution < 1.29 is 55.2 Å². The van der Waals surface area contributed by atoms with Crippen molar-refractivity contribution in [1.82, 2.24) is 47.9 Å². The van der Waals surface area contributed by atoms with Crippen LogP contribution in [0.5, 0.6) is 5.75 Å². The Labute approximate surface area is 517 Å². The van der Waals surface area contributed by atoms with Crippen molar-refractivity contribution in [1.29, 1.82) is 0 Å². The van der Waals surface area contributed by atoms with Crippen molar-refractivity contribution >= 4 is 29.6 Å². The van der Waals surface area contributed by atoms with Gasteiger partial charge in [0.15, 0.2) is 11.9 Å². The summed E-state index contributed by atoms with van der Waals surface area (Å²) in [5.41, 5.74) is 34.7. The predicted molar refractivity (Wildman–Crippen MR) is 341 cm³/mol. The van der Waals surface area contributed by atoms with Gasteiger partial charge >= 0.3 is 0 Å². The minimum atomic E-state index is -1.40. The summed E-state index contributed by atoms with van der Waals surface area (Å²) >= 11 is 0. The number of aliphatic hydroxyl groups excluding tert-OH is 7. The van der Waals surface area contributed by atoms with E-state index in [4.69, 9.17) is 34.4 Å². The van der Waals surface area contributed by atoms with Crippen LogP contribution in [0.1, 0.15) is 188 Å². The van der Waals surface area contributed by atoms with Crippen LogP contribution in [0.3, 0.4) is 0 Å². The Balaban J connectivity index is 3.43. The summed E-state index contributed by atoms with van der Waals surface area (Å²) in [6.07, 6.45) is 2.76. The molecule has 0 fully saturated rings. The average molecular weight is 1240 g/mol. The van der Waals surface area contributed by atoms with E-state index < -0.39 is 116 Å². The molecular weight excluding hydrogens is 1120 g/mol. The third-order valence-corrected chi connectivity index (χ3v) is 15.3. The number of aliphatic imine (C=N–C) groups is 2. The first-order valence-corrected chi connectivity index (χ1v) is 32.0. The Morgan fingerprint density at radius 2 is 0.793 bits per heavy atom. The number of carbonyl (C=O) groups excluding carboxylic acids is 3. The van der Waals surface area contributed by atoms with E-state index in [-0.39, 0.29) is 50.0 Å². The summed E-state index contributed by atoms with van der Waals surface area (Å²) in [5.74, 6) is -1.83. The normalized spacial score (nSPS) is 17.4. The van der Waals surface area contributed by atoms with Crippen molar-refractivity contribution in [2.75, 3.05) is 19.6 Å². The number of nitrogens with one attached hydrogen (secondary N) is 9. The van der Waals surface area contributed by atoms with Gasteiger partial charge in [-0.25, -0.2) is 0 Å². The van der Waals surface area contributed by atoms with E-state index in [2.05, 4.69) is 57.8 Å². The molecule has 0 heterocycles. The zero-order valence-electron chi connectivity index (χ0n) is 53.1. The summed E-state index contributed by atoms with van der Waals surface area (Å²) in [6, 6.07) is -1.44. The van der Waals surface area contributed by atoms with Crippen LogP contribution < -0.4 is 82.3 Å². The molecule has 0 aliphatic heterocycles. The predicted octanol–water partition coefficient (Wildman–Crippen LogP) is -1.47. The number of hydrogen-bond donors (Lipinski definition) is 23. The fourth-order valence-electron chi connectivity index (χ4n) is 9.95. The largest absolute Gasteiger partial charge is 0.508 e. The number of carbonyl (C=O) groups is 3. The average Bonchev–Trinajstić information content (AvgIpc) is 3.60. The lowest BCUT2D eigenvalue weighted by atomic mass is 10.0. The number of aliphatic hydroxyl groups is 7. The molecule has 0 saturated carbocycles. The van der Waals surface area contributed by atoms with Gasteiger partial charge in [0.05, 0.1) is 18.1 Å². The number of primary amides is 1. The topological polar surface area (TPSA) is 502 Å². The molecule has 0 aliphatic rings. The lowest BCUT2D eigenvalue weighted by molar-refractivity contribution is -0.131. The number of amides is 3. The van der Waals surface area contributed by atoms with Crippen LogP contribution in [0.15, 0.2) is 34.3 Å². The van der Waals surface area contributed by atoms with Gasteiger partial charge in [0.25, 0.3) is 0 Å². The van der Waals surface area contributed by atoms with Gasteiger partial charge in [-0.1, -0.05) is 131 Å². The van der Waals surface area contributed by atoms with Gasteiger partial charge in [0.2, 0.25) is 17.7 Å². The molecule has 28 nitrogen and oxygen atoms in total. The molecule has 28 heteroatoms. The van der Waals surface area contributed by atoms with Crippen LogP contribution in [-0.4, -0.2) is 188 Å². The van der Waals surface area contributed by atoms with E-state index >= 15 is 0 Å². The molecule has 16 atom stereocenters. The zero-order valence-corrected chi connectivity index (χ0v) is 53.1. The standard InChI is InChI=1S/C59H119N17O11/c1-7-13-22-40(51(81)68-36-48(78)69-47(49(61)79)35-37-29-31-38(77)32-30-37)71-53(83)42(24-15-9-3)73-55(85)44(26-17-11-5)75-57(87)46(28-20-34-67-59(64)65)76-56(86)45(27-18-12-6)74-54(84)43(25-16-10-4)72-52(82)41(23-14-8-2)70-50(80)39(60)21-19-33-66-58(62)63/h29-32,39-48,51,53-57,68-69,71,73-78,81,83-87H,7-28,33-36,60H2,1-6H3,(H2,61,79)(H,70,80)(H,72,82)(H4,62,63,66)(H4,64,65,67)/t39-,40-,41-,42-,43-,44-,45-,46-,47-,48-,51-,53-,54-,55-,56-,57-/m1/s1. The monoisotopic (exact) mass is 1240 g/mol. The number of benzene rings is 1. The fraction of sp³-hybridized carbons (Fsp3) is 0.814. The van der Waals surface area contributed by atoms with Gasteiger partial charge in [-0.2, -0.15) is 0 Å². The highest BCUT2D eigenvalue weighted by molar-refractivity contribution is 5.89. The molecule has 29 N–H and O–H groups in total. The lowest BCUT2D eigenvalue weighted by Crippen LogP contribution is -2.64. The molecule has 3 amide bonds. The summed E-state index contributed by atoms with van der Waals surface area (Å²) in [4.78, 5) is 47.6. The third kappa shape index (κ3) is 35.4. The second kappa shape index (κ2) is 47.3. The second-order valence-corrected chi connectivity index (χ2v) is 23.0. The first kappa shape index (κ1) is 80.4. The molecule has 0 unspecified atom stereocenters. The van der Waals surface area contributed by atoms with E-state index in [0.29, 0.717) is 102 Å². The summed E-state index contributed by atoms with van der Waals surface area (Å²) in [6.45, 7) is 12.2. The minimum absolute atomic E-state index is 0.0599. The second-order valence-electron chi connectivity index (χ2n) is 23.0. The molecule has 0 aliphatic carbocycles. The fourth-order valence-corrected chi connectivity index (χ4v) is 9.95. The van der Waals surface area contributed by atoms with Crippen LogP contribution >= 0.6 is 0 Å². The number of unbranched alkanes of at least 4 members (excludes halogenated alkanes) is 6. The van der Waals surface area contributed by atoms with Gasteiger partial charge < -0.3 is 85.9 Å². The maximum Gasteiger partial charge on any atom is 0.242 e. The van der Waals surface area contributed by atoms with Gasteiger partial charge in [-0.3, -0.25) is 61.6 Å². The van der Waals surface area contributed by atoms with E-state index in [0.717, 1.165) is 38.5 Å². The summed E-state index contributed by atoms with van der Waals surface area (Å²) < 4.78 is 0.